The molecule has 0 bridgehead atoms. The van der Waals surface area contributed by atoms with Gasteiger partial charge in [0.25, 0.3) is 0 Å². The second-order valence-corrected chi connectivity index (χ2v) is 3.51. The molecule has 0 aromatic heterocycles. The Morgan fingerprint density at radius 1 is 1.46 bits per heavy atom. The number of carbonyl (C=O) groups excluding carboxylic acids is 1. The van der Waals surface area contributed by atoms with Crippen molar-refractivity contribution < 1.29 is 14.6 Å². The summed E-state index contributed by atoms with van der Waals surface area (Å²) in [5.74, 6) is -0.0658. The lowest BCUT2D eigenvalue weighted by Crippen LogP contribution is -2.40. The van der Waals surface area contributed by atoms with Crippen molar-refractivity contribution in [2.45, 2.75) is 37.8 Å². The zero-order valence-electron chi connectivity index (χ0n) is 7.95. The van der Waals surface area contributed by atoms with Gasteiger partial charge in [-0.1, -0.05) is 0 Å². The maximum absolute atomic E-state index is 11.1. The van der Waals surface area contributed by atoms with Crippen molar-refractivity contribution in [3.8, 4) is 0 Å². The largest absolute Gasteiger partial charge is 0.393 e. The first-order chi connectivity index (χ1) is 6.22. The fourth-order valence-electron chi connectivity index (χ4n) is 1.62. The van der Waals surface area contributed by atoms with Crippen LogP contribution in [0.5, 0.6) is 0 Å². The molecule has 0 unspecified atom stereocenters. The van der Waals surface area contributed by atoms with E-state index in [-0.39, 0.29) is 24.7 Å². The van der Waals surface area contributed by atoms with Gasteiger partial charge >= 0.3 is 0 Å². The van der Waals surface area contributed by atoms with E-state index in [2.05, 4.69) is 5.32 Å². The van der Waals surface area contributed by atoms with Crippen molar-refractivity contribution in [1.29, 1.82) is 0 Å². The first-order valence-corrected chi connectivity index (χ1v) is 4.68. The van der Waals surface area contributed by atoms with E-state index in [9.17, 15) is 9.90 Å². The van der Waals surface area contributed by atoms with Crippen molar-refractivity contribution >= 4 is 5.91 Å². The van der Waals surface area contributed by atoms with Crippen LogP contribution < -0.4 is 5.32 Å². The van der Waals surface area contributed by atoms with Gasteiger partial charge in [0.05, 0.1) is 6.10 Å². The Bertz CT molecular complexity index is 164. The smallest absolute Gasteiger partial charge is 0.246 e. The van der Waals surface area contributed by atoms with Crippen LogP contribution in [-0.4, -0.2) is 36.9 Å². The van der Waals surface area contributed by atoms with Gasteiger partial charge in [0.1, 0.15) is 6.61 Å². The van der Waals surface area contributed by atoms with Crippen LogP contribution in [0.15, 0.2) is 0 Å². The highest BCUT2D eigenvalue weighted by molar-refractivity contribution is 5.77. The lowest BCUT2D eigenvalue weighted by molar-refractivity contribution is -0.125. The van der Waals surface area contributed by atoms with E-state index in [1.54, 1.807) is 0 Å². The average Bonchev–Trinajstić information content (AvgIpc) is 2.09. The highest BCUT2D eigenvalue weighted by Gasteiger charge is 2.20. The van der Waals surface area contributed by atoms with Gasteiger partial charge in [-0.25, -0.2) is 0 Å². The van der Waals surface area contributed by atoms with Crippen LogP contribution in [0.4, 0.5) is 0 Å². The van der Waals surface area contributed by atoms with Crippen LogP contribution in [0.3, 0.4) is 0 Å². The van der Waals surface area contributed by atoms with E-state index >= 15 is 0 Å². The molecule has 0 heterocycles. The van der Waals surface area contributed by atoms with Crippen LogP contribution >= 0.6 is 0 Å². The van der Waals surface area contributed by atoms with E-state index in [4.69, 9.17) is 4.74 Å². The van der Waals surface area contributed by atoms with Gasteiger partial charge in [0.15, 0.2) is 0 Å². The predicted octanol–water partition coefficient (Wildman–Crippen LogP) is 0.0525. The first kappa shape index (κ1) is 10.5. The van der Waals surface area contributed by atoms with Crippen molar-refractivity contribution in [1.82, 2.24) is 5.32 Å². The molecular weight excluding hydrogens is 170 g/mol. The van der Waals surface area contributed by atoms with Crippen molar-refractivity contribution in [3.63, 3.8) is 0 Å². The Morgan fingerprint density at radius 3 is 2.62 bits per heavy atom. The van der Waals surface area contributed by atoms with Gasteiger partial charge in [0, 0.05) is 13.2 Å². The number of aliphatic hydroxyl groups is 1. The van der Waals surface area contributed by atoms with Gasteiger partial charge in [-0.05, 0) is 25.7 Å². The molecule has 1 aliphatic carbocycles. The first-order valence-electron chi connectivity index (χ1n) is 4.68. The SMILES string of the molecule is COCC(=O)NC1CCC(O)CC1. The summed E-state index contributed by atoms with van der Waals surface area (Å²) in [6.45, 7) is 0.124. The number of amides is 1. The van der Waals surface area contributed by atoms with Gasteiger partial charge in [0.2, 0.25) is 5.91 Å². The third kappa shape index (κ3) is 3.74. The molecule has 4 heteroatoms. The standard InChI is InChI=1S/C9H17NO3/c1-13-6-9(12)10-7-2-4-8(11)5-3-7/h7-8,11H,2-6H2,1H3,(H,10,12). The summed E-state index contributed by atoms with van der Waals surface area (Å²) in [5, 5.41) is 12.1. The summed E-state index contributed by atoms with van der Waals surface area (Å²) in [6, 6.07) is 0.228. The summed E-state index contributed by atoms with van der Waals surface area (Å²) >= 11 is 0. The number of carbonyl (C=O) groups is 1. The summed E-state index contributed by atoms with van der Waals surface area (Å²) in [7, 11) is 1.50. The molecule has 0 saturated heterocycles. The Kier molecular flexibility index (Phi) is 4.18. The van der Waals surface area contributed by atoms with Crippen molar-refractivity contribution in [2.24, 2.45) is 0 Å². The Labute approximate surface area is 78.3 Å². The number of rotatable bonds is 3. The second kappa shape index (κ2) is 5.19. The molecular formula is C9H17NO3. The minimum Gasteiger partial charge on any atom is -0.393 e. The number of ether oxygens (including phenoxy) is 1. The van der Waals surface area contributed by atoms with Gasteiger partial charge < -0.3 is 15.2 Å². The molecule has 1 rings (SSSR count). The molecule has 4 nitrogen and oxygen atoms in total. The number of hydrogen-bond donors (Lipinski definition) is 2. The van der Waals surface area contributed by atoms with Crippen LogP contribution in [0.1, 0.15) is 25.7 Å². The summed E-state index contributed by atoms with van der Waals surface area (Å²) in [6.07, 6.45) is 3.15. The van der Waals surface area contributed by atoms with E-state index in [1.807, 2.05) is 0 Å². The van der Waals surface area contributed by atoms with Gasteiger partial charge in [-0.15, -0.1) is 0 Å². The minimum atomic E-state index is -0.171. The third-order valence-electron chi connectivity index (χ3n) is 2.34. The Morgan fingerprint density at radius 2 is 2.08 bits per heavy atom. The van der Waals surface area contributed by atoms with E-state index in [1.165, 1.54) is 7.11 Å². The minimum absolute atomic E-state index is 0.0658. The van der Waals surface area contributed by atoms with Crippen LogP contribution in [0, 0.1) is 0 Å². The second-order valence-electron chi connectivity index (χ2n) is 3.51. The van der Waals surface area contributed by atoms with Crippen LogP contribution in [0.2, 0.25) is 0 Å². The molecule has 76 valence electrons. The monoisotopic (exact) mass is 187 g/mol. The molecule has 0 aromatic carbocycles. The maximum Gasteiger partial charge on any atom is 0.246 e. The topological polar surface area (TPSA) is 58.6 Å². The molecule has 1 aliphatic rings. The quantitative estimate of drug-likeness (QED) is 0.656. The van der Waals surface area contributed by atoms with Crippen molar-refractivity contribution in [2.75, 3.05) is 13.7 Å². The molecule has 0 aromatic rings. The zero-order valence-corrected chi connectivity index (χ0v) is 7.95. The predicted molar refractivity (Wildman–Crippen MR) is 48.3 cm³/mol. The highest BCUT2D eigenvalue weighted by atomic mass is 16.5. The van der Waals surface area contributed by atoms with Gasteiger partial charge in [-0.3, -0.25) is 4.79 Å². The fraction of sp³-hybridized carbons (Fsp3) is 0.889. The van der Waals surface area contributed by atoms with E-state index in [0.717, 1.165) is 25.7 Å². The fourth-order valence-corrected chi connectivity index (χ4v) is 1.62. The van der Waals surface area contributed by atoms with Crippen LogP contribution in [-0.2, 0) is 9.53 Å². The Balaban J connectivity index is 2.18. The average molecular weight is 187 g/mol. The van der Waals surface area contributed by atoms with Gasteiger partial charge in [-0.2, -0.15) is 0 Å². The highest BCUT2D eigenvalue weighted by Crippen LogP contribution is 2.17. The lowest BCUT2D eigenvalue weighted by Gasteiger charge is -2.25. The zero-order chi connectivity index (χ0) is 9.68. The molecule has 0 radical (unpaired) electrons. The maximum atomic E-state index is 11.1. The normalized spacial score (nSPS) is 28.5. The summed E-state index contributed by atoms with van der Waals surface area (Å²) in [5.41, 5.74) is 0. The molecule has 0 atom stereocenters. The molecule has 1 saturated carbocycles. The molecule has 13 heavy (non-hydrogen) atoms. The lowest BCUT2D eigenvalue weighted by atomic mass is 9.93. The van der Waals surface area contributed by atoms with Crippen LogP contribution in [0.25, 0.3) is 0 Å². The number of aliphatic hydroxyl groups excluding tert-OH is 1. The van der Waals surface area contributed by atoms with E-state index < -0.39 is 0 Å². The number of nitrogens with one attached hydrogen (secondary N) is 1. The third-order valence-corrected chi connectivity index (χ3v) is 2.34. The van der Waals surface area contributed by atoms with Crippen molar-refractivity contribution in [3.05, 3.63) is 0 Å². The molecule has 0 spiro atoms. The summed E-state index contributed by atoms with van der Waals surface area (Å²) < 4.78 is 4.70. The molecule has 1 amide bonds. The number of hydrogen-bond acceptors (Lipinski definition) is 3. The Hall–Kier alpha value is -0.610. The number of methoxy groups -OCH3 is 1. The van der Waals surface area contributed by atoms with E-state index in [0.29, 0.717) is 0 Å². The molecule has 0 aliphatic heterocycles. The summed E-state index contributed by atoms with van der Waals surface area (Å²) in [4.78, 5) is 11.1. The molecule has 1 fully saturated rings. The molecule has 2 N–H and O–H groups in total.